The summed E-state index contributed by atoms with van der Waals surface area (Å²) in [5.74, 6) is 0.352. The number of aromatic nitrogens is 3. The molecule has 1 N–H and O–H groups in total. The maximum Gasteiger partial charge on any atom is 0.272 e. The third kappa shape index (κ3) is 6.50. The van der Waals surface area contributed by atoms with Crippen molar-refractivity contribution in [3.8, 4) is 5.88 Å². The molecular formula is C22H26F2N4O3. The van der Waals surface area contributed by atoms with Gasteiger partial charge in [-0.05, 0) is 43.4 Å². The number of amides is 1. The number of Topliss-reactive ketones (excluding diaryl/α,β-unsaturated/α-hetero) is 1. The maximum atomic E-state index is 12.6. The van der Waals surface area contributed by atoms with Crippen molar-refractivity contribution in [1.82, 2.24) is 20.3 Å². The Balaban J connectivity index is 1.66. The second-order valence-corrected chi connectivity index (χ2v) is 8.01. The molecule has 0 atom stereocenters. The molecule has 166 valence electrons. The molecule has 1 aliphatic rings. The Labute approximate surface area is 179 Å². The van der Waals surface area contributed by atoms with Crippen LogP contribution in [0.4, 0.5) is 8.78 Å². The largest absolute Gasteiger partial charge is 0.471 e. The lowest BCUT2D eigenvalue weighted by Crippen LogP contribution is -2.25. The molecule has 1 fully saturated rings. The van der Waals surface area contributed by atoms with Gasteiger partial charge in [0, 0.05) is 29.9 Å². The third-order valence-corrected chi connectivity index (χ3v) is 4.85. The van der Waals surface area contributed by atoms with Crippen LogP contribution in [0.3, 0.4) is 0 Å². The number of nitrogens with one attached hydrogen (secondary N) is 1. The number of carbonyl (C=O) groups is 2. The Morgan fingerprint density at radius 3 is 2.61 bits per heavy atom. The lowest BCUT2D eigenvalue weighted by molar-refractivity contribution is -0.119. The monoisotopic (exact) mass is 432 g/mol. The highest BCUT2D eigenvalue weighted by molar-refractivity contribution is 5.92. The summed E-state index contributed by atoms with van der Waals surface area (Å²) < 4.78 is 30.0. The van der Waals surface area contributed by atoms with Crippen molar-refractivity contribution in [2.24, 2.45) is 5.92 Å². The molecule has 3 rings (SSSR count). The zero-order valence-corrected chi connectivity index (χ0v) is 17.8. The van der Waals surface area contributed by atoms with Crippen molar-refractivity contribution < 1.29 is 23.1 Å². The second kappa shape index (κ2) is 9.89. The molecule has 2 aromatic rings. The molecule has 0 unspecified atom stereocenters. The van der Waals surface area contributed by atoms with E-state index in [9.17, 15) is 18.4 Å². The highest BCUT2D eigenvalue weighted by Crippen LogP contribution is 2.30. The van der Waals surface area contributed by atoms with Gasteiger partial charge in [0.1, 0.15) is 17.3 Å². The van der Waals surface area contributed by atoms with Crippen molar-refractivity contribution in [2.75, 3.05) is 6.61 Å². The quantitative estimate of drug-likeness (QED) is 0.618. The molecule has 1 aliphatic carbocycles. The van der Waals surface area contributed by atoms with Crippen LogP contribution in [-0.4, -0.2) is 39.7 Å². The van der Waals surface area contributed by atoms with Crippen LogP contribution in [-0.2, 0) is 17.8 Å². The third-order valence-electron chi connectivity index (χ3n) is 4.85. The zero-order chi connectivity index (χ0) is 22.5. The SMILES string of the molecule is Cc1cc(C(=O)NCc2cnc(OCC(F)F)c(C(C)C)c2)nc(CC(=O)C2CC2)n1. The van der Waals surface area contributed by atoms with E-state index in [2.05, 4.69) is 20.3 Å². The number of halogens is 2. The van der Waals surface area contributed by atoms with Crippen molar-refractivity contribution in [2.45, 2.75) is 58.9 Å². The number of ether oxygens (including phenoxy) is 1. The molecule has 0 spiro atoms. The van der Waals surface area contributed by atoms with Gasteiger partial charge in [-0.3, -0.25) is 9.59 Å². The molecule has 0 radical (unpaired) electrons. The van der Waals surface area contributed by atoms with E-state index in [4.69, 9.17) is 4.74 Å². The van der Waals surface area contributed by atoms with Crippen LogP contribution >= 0.6 is 0 Å². The Hall–Kier alpha value is -2.97. The normalized spacial score (nSPS) is 13.5. The molecule has 0 bridgehead atoms. The second-order valence-electron chi connectivity index (χ2n) is 8.01. The van der Waals surface area contributed by atoms with E-state index in [1.165, 1.54) is 6.20 Å². The highest BCUT2D eigenvalue weighted by atomic mass is 19.3. The average molecular weight is 432 g/mol. The lowest BCUT2D eigenvalue weighted by Gasteiger charge is -2.14. The van der Waals surface area contributed by atoms with E-state index in [0.29, 0.717) is 22.6 Å². The van der Waals surface area contributed by atoms with Crippen molar-refractivity contribution in [3.63, 3.8) is 0 Å². The summed E-state index contributed by atoms with van der Waals surface area (Å²) in [7, 11) is 0. The summed E-state index contributed by atoms with van der Waals surface area (Å²) in [6, 6.07) is 3.35. The van der Waals surface area contributed by atoms with Gasteiger partial charge in [0.15, 0.2) is 6.61 Å². The van der Waals surface area contributed by atoms with Gasteiger partial charge in [0.2, 0.25) is 5.88 Å². The number of hydrogen-bond donors (Lipinski definition) is 1. The first kappa shape index (κ1) is 22.7. The molecule has 0 saturated heterocycles. The van der Waals surface area contributed by atoms with Gasteiger partial charge in [-0.25, -0.2) is 23.7 Å². The molecule has 9 heteroatoms. The van der Waals surface area contributed by atoms with Gasteiger partial charge in [-0.1, -0.05) is 13.8 Å². The number of carbonyl (C=O) groups excluding carboxylic acids is 2. The standard InChI is InChI=1S/C22H26F2N4O3/c1-12(2)16-7-14(10-26-22(16)31-11-19(23)24)9-25-21(30)17-6-13(3)27-20(28-17)8-18(29)15-4-5-15/h6-7,10,12,15,19H,4-5,8-9,11H2,1-3H3,(H,25,30). The molecule has 1 saturated carbocycles. The van der Waals surface area contributed by atoms with Gasteiger partial charge >= 0.3 is 0 Å². The predicted molar refractivity (Wildman–Crippen MR) is 109 cm³/mol. The molecular weight excluding hydrogens is 406 g/mol. The van der Waals surface area contributed by atoms with E-state index in [1.54, 1.807) is 19.1 Å². The van der Waals surface area contributed by atoms with E-state index in [1.807, 2.05) is 13.8 Å². The Bertz CT molecular complexity index is 962. The molecule has 2 aromatic heterocycles. The predicted octanol–water partition coefficient (Wildman–Crippen LogP) is 3.40. The van der Waals surface area contributed by atoms with E-state index >= 15 is 0 Å². The van der Waals surface area contributed by atoms with Crippen molar-refractivity contribution in [3.05, 3.63) is 46.7 Å². The number of hydrogen-bond acceptors (Lipinski definition) is 6. The Morgan fingerprint density at radius 2 is 1.97 bits per heavy atom. The summed E-state index contributed by atoms with van der Waals surface area (Å²) >= 11 is 0. The van der Waals surface area contributed by atoms with Crippen LogP contribution in [0.15, 0.2) is 18.3 Å². The minimum absolute atomic E-state index is 0.00639. The van der Waals surface area contributed by atoms with Crippen LogP contribution in [0, 0.1) is 12.8 Å². The van der Waals surface area contributed by atoms with Gasteiger partial charge in [-0.15, -0.1) is 0 Å². The number of aryl methyl sites for hydroxylation is 1. The van der Waals surface area contributed by atoms with E-state index < -0.39 is 18.9 Å². The topological polar surface area (TPSA) is 94.1 Å². The average Bonchev–Trinajstić information content (AvgIpc) is 3.55. The van der Waals surface area contributed by atoms with Crippen LogP contribution in [0.25, 0.3) is 0 Å². The van der Waals surface area contributed by atoms with Crippen LogP contribution in [0.1, 0.15) is 65.7 Å². The van der Waals surface area contributed by atoms with Crippen LogP contribution in [0.2, 0.25) is 0 Å². The molecule has 0 aromatic carbocycles. The minimum atomic E-state index is -2.58. The minimum Gasteiger partial charge on any atom is -0.471 e. The summed E-state index contributed by atoms with van der Waals surface area (Å²) in [6.07, 6.45) is 0.862. The molecule has 7 nitrogen and oxygen atoms in total. The number of ketones is 1. The first-order valence-corrected chi connectivity index (χ1v) is 10.3. The maximum absolute atomic E-state index is 12.6. The summed E-state index contributed by atoms with van der Waals surface area (Å²) in [5.41, 5.74) is 2.20. The van der Waals surface area contributed by atoms with Crippen molar-refractivity contribution in [1.29, 1.82) is 0 Å². The smallest absolute Gasteiger partial charge is 0.272 e. The van der Waals surface area contributed by atoms with Gasteiger partial charge in [-0.2, -0.15) is 0 Å². The lowest BCUT2D eigenvalue weighted by atomic mass is 10.0. The fourth-order valence-corrected chi connectivity index (χ4v) is 3.09. The van der Waals surface area contributed by atoms with E-state index in [-0.39, 0.29) is 42.2 Å². The number of alkyl halides is 2. The summed E-state index contributed by atoms with van der Waals surface area (Å²) in [6.45, 7) is 5.02. The molecule has 1 amide bonds. The first-order chi connectivity index (χ1) is 14.7. The number of rotatable bonds is 10. The molecule has 31 heavy (non-hydrogen) atoms. The van der Waals surface area contributed by atoms with Crippen LogP contribution in [0.5, 0.6) is 5.88 Å². The molecule has 2 heterocycles. The Kier molecular flexibility index (Phi) is 7.25. The van der Waals surface area contributed by atoms with E-state index in [0.717, 1.165) is 12.8 Å². The van der Waals surface area contributed by atoms with Crippen molar-refractivity contribution >= 4 is 11.7 Å². The molecule has 0 aliphatic heterocycles. The zero-order valence-electron chi connectivity index (χ0n) is 17.8. The first-order valence-electron chi connectivity index (χ1n) is 10.3. The fraction of sp³-hybridized carbons (Fsp3) is 0.500. The fourth-order valence-electron chi connectivity index (χ4n) is 3.09. The Morgan fingerprint density at radius 1 is 1.23 bits per heavy atom. The number of nitrogens with zero attached hydrogens (tertiary/aromatic N) is 3. The van der Waals surface area contributed by atoms with Crippen LogP contribution < -0.4 is 10.1 Å². The summed E-state index contributed by atoms with van der Waals surface area (Å²) in [5, 5.41) is 2.78. The van der Waals surface area contributed by atoms with Gasteiger partial charge in [0.05, 0.1) is 6.42 Å². The number of pyridine rings is 1. The summed E-state index contributed by atoms with van der Waals surface area (Å²) in [4.78, 5) is 37.3. The highest BCUT2D eigenvalue weighted by Gasteiger charge is 2.30. The van der Waals surface area contributed by atoms with Gasteiger partial charge in [0.25, 0.3) is 12.3 Å². The van der Waals surface area contributed by atoms with Gasteiger partial charge < -0.3 is 10.1 Å².